The fraction of sp³-hybridized carbons (Fsp3) is 0.609. The van der Waals surface area contributed by atoms with Gasteiger partial charge in [0.1, 0.15) is 5.60 Å². The Kier molecular flexibility index (Phi) is 5.99. The molecule has 1 aliphatic carbocycles. The summed E-state index contributed by atoms with van der Waals surface area (Å²) < 4.78 is 11.9. The topological polar surface area (TPSA) is 68.5 Å². The fourth-order valence-electron chi connectivity index (χ4n) is 4.73. The maximum Gasteiger partial charge on any atom is 0.226 e. The number of carbonyl (C=O) groups excluding carboxylic acids is 1. The second kappa shape index (κ2) is 8.66. The monoisotopic (exact) mass is 397 g/mol. The van der Waals surface area contributed by atoms with Crippen LogP contribution < -0.4 is 4.90 Å². The average molecular weight is 398 g/mol. The first-order valence-electron chi connectivity index (χ1n) is 11.0. The van der Waals surface area contributed by atoms with Crippen LogP contribution in [0.1, 0.15) is 82.0 Å². The highest BCUT2D eigenvalue weighted by atomic mass is 16.5. The Labute approximate surface area is 172 Å². The summed E-state index contributed by atoms with van der Waals surface area (Å²) in [5.41, 5.74) is 1.89. The van der Waals surface area contributed by atoms with Gasteiger partial charge in [-0.05, 0) is 37.3 Å². The molecule has 1 aromatic carbocycles. The number of anilines is 1. The molecule has 0 saturated heterocycles. The van der Waals surface area contributed by atoms with E-state index in [0.29, 0.717) is 18.2 Å². The molecule has 2 aromatic rings. The predicted molar refractivity (Wildman–Crippen MR) is 111 cm³/mol. The van der Waals surface area contributed by atoms with Crippen LogP contribution in [0.25, 0.3) is 0 Å². The number of carbonyl (C=O) groups is 1. The summed E-state index contributed by atoms with van der Waals surface area (Å²) in [5, 5.41) is 4.32. The lowest BCUT2D eigenvalue weighted by molar-refractivity contribution is -0.116. The standard InChI is InChI=1S/C23H31N3O3/c1-3-15-28-23(13-7-4-8-14-23)22-24-21(29-25-22)12-11-18-16-26(17(2)27)20-10-6-5-9-19(18)20/h5-6,9-10,18H,3-4,7-8,11-16H2,1-2H3. The van der Waals surface area contributed by atoms with Gasteiger partial charge in [-0.25, -0.2) is 0 Å². The summed E-state index contributed by atoms with van der Waals surface area (Å²) in [7, 11) is 0. The highest BCUT2D eigenvalue weighted by Crippen LogP contribution is 2.40. The second-order valence-corrected chi connectivity index (χ2v) is 8.34. The number of rotatable bonds is 7. The van der Waals surface area contributed by atoms with Crippen molar-refractivity contribution < 1.29 is 14.1 Å². The molecular weight excluding hydrogens is 366 g/mol. The van der Waals surface area contributed by atoms with Crippen molar-refractivity contribution >= 4 is 11.6 Å². The Morgan fingerprint density at radius 3 is 2.83 bits per heavy atom. The van der Waals surface area contributed by atoms with E-state index < -0.39 is 0 Å². The van der Waals surface area contributed by atoms with Gasteiger partial charge >= 0.3 is 0 Å². The van der Waals surface area contributed by atoms with E-state index in [0.717, 1.165) is 63.2 Å². The van der Waals surface area contributed by atoms with Gasteiger partial charge in [0.05, 0.1) is 0 Å². The van der Waals surface area contributed by atoms with E-state index in [1.807, 2.05) is 23.1 Å². The molecule has 0 radical (unpaired) electrons. The van der Waals surface area contributed by atoms with Gasteiger partial charge in [-0.15, -0.1) is 0 Å². The minimum absolute atomic E-state index is 0.0901. The molecule has 0 bridgehead atoms. The van der Waals surface area contributed by atoms with Crippen LogP contribution in [0.15, 0.2) is 28.8 Å². The first-order valence-corrected chi connectivity index (χ1v) is 11.0. The zero-order valence-corrected chi connectivity index (χ0v) is 17.5. The summed E-state index contributed by atoms with van der Waals surface area (Å²) in [5.74, 6) is 1.78. The van der Waals surface area contributed by atoms with E-state index in [1.165, 1.54) is 12.0 Å². The SMILES string of the molecule is CCCOC1(c2noc(CCC3CN(C(C)=O)c4ccccc43)n2)CCCCC1. The van der Waals surface area contributed by atoms with Gasteiger partial charge in [0, 0.05) is 38.1 Å². The summed E-state index contributed by atoms with van der Waals surface area (Å²) in [4.78, 5) is 18.6. The number of ether oxygens (including phenoxy) is 1. The van der Waals surface area contributed by atoms with Crippen molar-refractivity contribution in [2.24, 2.45) is 0 Å². The van der Waals surface area contributed by atoms with Crippen molar-refractivity contribution in [3.63, 3.8) is 0 Å². The van der Waals surface area contributed by atoms with Gasteiger partial charge in [-0.3, -0.25) is 4.79 Å². The number of aryl methyl sites for hydroxylation is 1. The summed E-state index contributed by atoms with van der Waals surface area (Å²) in [6, 6.07) is 8.18. The molecule has 1 atom stereocenters. The van der Waals surface area contributed by atoms with Crippen molar-refractivity contribution in [2.75, 3.05) is 18.1 Å². The van der Waals surface area contributed by atoms with E-state index in [4.69, 9.17) is 14.2 Å². The van der Waals surface area contributed by atoms with Crippen molar-refractivity contribution in [1.29, 1.82) is 0 Å². The van der Waals surface area contributed by atoms with Crippen LogP contribution in [0.4, 0.5) is 5.69 Å². The van der Waals surface area contributed by atoms with Gasteiger partial charge in [0.15, 0.2) is 0 Å². The van der Waals surface area contributed by atoms with Gasteiger partial charge < -0.3 is 14.2 Å². The quantitative estimate of drug-likeness (QED) is 0.675. The van der Waals surface area contributed by atoms with Crippen LogP contribution in [0.2, 0.25) is 0 Å². The van der Waals surface area contributed by atoms with Crippen LogP contribution in [0, 0.1) is 0 Å². The van der Waals surface area contributed by atoms with Crippen LogP contribution in [-0.2, 0) is 21.6 Å². The van der Waals surface area contributed by atoms with E-state index in [1.54, 1.807) is 6.92 Å². The molecule has 1 fully saturated rings. The Morgan fingerprint density at radius 2 is 2.07 bits per heavy atom. The van der Waals surface area contributed by atoms with Crippen LogP contribution >= 0.6 is 0 Å². The molecule has 1 unspecified atom stereocenters. The number of nitrogens with zero attached hydrogens (tertiary/aromatic N) is 3. The maximum atomic E-state index is 12.0. The van der Waals surface area contributed by atoms with Crippen LogP contribution in [-0.4, -0.2) is 29.2 Å². The third-order valence-corrected chi connectivity index (χ3v) is 6.28. The van der Waals surface area contributed by atoms with E-state index in [2.05, 4.69) is 18.1 Å². The molecule has 2 aliphatic rings. The molecule has 1 amide bonds. The number of para-hydroxylation sites is 1. The Balaban J connectivity index is 1.45. The van der Waals surface area contributed by atoms with Crippen molar-refractivity contribution in [1.82, 2.24) is 10.1 Å². The fourth-order valence-corrected chi connectivity index (χ4v) is 4.73. The van der Waals surface area contributed by atoms with E-state index in [-0.39, 0.29) is 11.5 Å². The highest BCUT2D eigenvalue weighted by Gasteiger charge is 2.39. The number of amides is 1. The molecule has 2 heterocycles. The molecule has 0 spiro atoms. The normalized spacial score (nSPS) is 20.6. The Bertz CT molecular complexity index is 841. The molecule has 29 heavy (non-hydrogen) atoms. The van der Waals surface area contributed by atoms with Gasteiger partial charge in [0.2, 0.25) is 17.6 Å². The number of hydrogen-bond donors (Lipinski definition) is 0. The van der Waals surface area contributed by atoms with Gasteiger partial charge in [0.25, 0.3) is 0 Å². The molecule has 156 valence electrons. The molecule has 6 heteroatoms. The largest absolute Gasteiger partial charge is 0.367 e. The van der Waals surface area contributed by atoms with Crippen molar-refractivity contribution in [2.45, 2.75) is 76.7 Å². The summed E-state index contributed by atoms with van der Waals surface area (Å²) in [6.07, 6.45) is 8.05. The van der Waals surface area contributed by atoms with Crippen LogP contribution in [0.3, 0.4) is 0 Å². The van der Waals surface area contributed by atoms with E-state index in [9.17, 15) is 4.79 Å². The number of fused-ring (bicyclic) bond motifs is 1. The average Bonchev–Trinajstić information content (AvgIpc) is 3.37. The minimum atomic E-state index is -0.374. The van der Waals surface area contributed by atoms with Crippen molar-refractivity contribution in [3.8, 4) is 0 Å². The molecule has 1 aliphatic heterocycles. The molecular formula is C23H31N3O3. The summed E-state index contributed by atoms with van der Waals surface area (Å²) in [6.45, 7) is 5.20. The second-order valence-electron chi connectivity index (χ2n) is 8.34. The number of aromatic nitrogens is 2. The molecule has 6 nitrogen and oxygen atoms in total. The lowest BCUT2D eigenvalue weighted by atomic mass is 9.84. The van der Waals surface area contributed by atoms with Gasteiger partial charge in [-0.2, -0.15) is 4.98 Å². The first kappa shape index (κ1) is 20.1. The Morgan fingerprint density at radius 1 is 1.28 bits per heavy atom. The smallest absolute Gasteiger partial charge is 0.226 e. The Hall–Kier alpha value is -2.21. The molecule has 0 N–H and O–H groups in total. The zero-order valence-electron chi connectivity index (χ0n) is 17.5. The van der Waals surface area contributed by atoms with Gasteiger partial charge in [-0.1, -0.05) is 49.5 Å². The predicted octanol–water partition coefficient (Wildman–Crippen LogP) is 4.74. The third-order valence-electron chi connectivity index (χ3n) is 6.28. The molecule has 1 aromatic heterocycles. The minimum Gasteiger partial charge on any atom is -0.367 e. The van der Waals surface area contributed by atoms with E-state index >= 15 is 0 Å². The lowest BCUT2D eigenvalue weighted by Crippen LogP contribution is -2.34. The maximum absolute atomic E-state index is 12.0. The highest BCUT2D eigenvalue weighted by molar-refractivity contribution is 5.94. The molecule has 4 rings (SSSR count). The number of hydrogen-bond acceptors (Lipinski definition) is 5. The van der Waals surface area contributed by atoms with Crippen LogP contribution in [0.5, 0.6) is 0 Å². The first-order chi connectivity index (χ1) is 14.1. The van der Waals surface area contributed by atoms with Crippen molar-refractivity contribution in [3.05, 3.63) is 41.5 Å². The lowest BCUT2D eigenvalue weighted by Gasteiger charge is -2.34. The summed E-state index contributed by atoms with van der Waals surface area (Å²) >= 11 is 0. The zero-order chi connectivity index (χ0) is 20.3. The number of benzene rings is 1. The third kappa shape index (κ3) is 4.08. The molecule has 1 saturated carbocycles.